The van der Waals surface area contributed by atoms with E-state index in [-0.39, 0.29) is 18.0 Å². The number of nitrogens with one attached hydrogen (secondary N) is 2. The van der Waals surface area contributed by atoms with Crippen LogP contribution in [0, 0.1) is 6.92 Å². The van der Waals surface area contributed by atoms with Crippen LogP contribution in [0.4, 0.5) is 5.69 Å². The number of amides is 2. The number of aryl methyl sites for hydroxylation is 1. The molecule has 3 N–H and O–H groups in total. The third kappa shape index (κ3) is 4.47. The van der Waals surface area contributed by atoms with Gasteiger partial charge in [0.2, 0.25) is 0 Å². The number of phenols is 1. The van der Waals surface area contributed by atoms with Crippen molar-refractivity contribution < 1.29 is 19.4 Å². The summed E-state index contributed by atoms with van der Waals surface area (Å²) in [6.45, 7) is 2.03. The molecule has 0 saturated heterocycles. The van der Waals surface area contributed by atoms with Gasteiger partial charge in [0.15, 0.2) is 0 Å². The van der Waals surface area contributed by atoms with Crippen LogP contribution in [0.5, 0.6) is 11.5 Å². The summed E-state index contributed by atoms with van der Waals surface area (Å²) in [5, 5.41) is 14.6. The molecule has 0 heterocycles. The zero-order chi connectivity index (χ0) is 16.8. The average molecular weight is 314 g/mol. The molecule has 0 spiro atoms. The zero-order valence-corrected chi connectivity index (χ0v) is 12.9. The summed E-state index contributed by atoms with van der Waals surface area (Å²) < 4.78 is 5.04. The van der Waals surface area contributed by atoms with Crippen molar-refractivity contribution >= 4 is 17.5 Å². The Balaban J connectivity index is 1.90. The number of carbonyl (C=O) groups excluding carboxylic acids is 2. The van der Waals surface area contributed by atoms with Crippen molar-refractivity contribution in [2.24, 2.45) is 0 Å². The average Bonchev–Trinajstić information content (AvgIpc) is 2.55. The first-order valence-corrected chi connectivity index (χ1v) is 7.01. The summed E-state index contributed by atoms with van der Waals surface area (Å²) in [6.07, 6.45) is 0. The summed E-state index contributed by atoms with van der Waals surface area (Å²) in [4.78, 5) is 23.6. The lowest BCUT2D eigenvalue weighted by Gasteiger charge is -2.09. The van der Waals surface area contributed by atoms with Gasteiger partial charge in [-0.1, -0.05) is 18.2 Å². The van der Waals surface area contributed by atoms with E-state index in [4.69, 9.17) is 4.74 Å². The molecule has 2 rings (SSSR count). The lowest BCUT2D eigenvalue weighted by molar-refractivity contribution is -0.136. The molecule has 2 amide bonds. The molecule has 0 atom stereocenters. The van der Waals surface area contributed by atoms with Gasteiger partial charge in [-0.15, -0.1) is 0 Å². The number of phenolic OH excluding ortho intramolecular Hbond substituents is 1. The van der Waals surface area contributed by atoms with Gasteiger partial charge in [-0.05, 0) is 42.3 Å². The van der Waals surface area contributed by atoms with Gasteiger partial charge in [0, 0.05) is 6.54 Å². The van der Waals surface area contributed by atoms with Crippen molar-refractivity contribution in [3.63, 3.8) is 0 Å². The van der Waals surface area contributed by atoms with E-state index in [9.17, 15) is 14.7 Å². The van der Waals surface area contributed by atoms with Gasteiger partial charge in [0.25, 0.3) is 0 Å². The largest absolute Gasteiger partial charge is 0.506 e. The monoisotopic (exact) mass is 314 g/mol. The van der Waals surface area contributed by atoms with Crippen LogP contribution in [0.1, 0.15) is 11.1 Å². The summed E-state index contributed by atoms with van der Waals surface area (Å²) in [7, 11) is 1.57. The Labute approximate surface area is 134 Å². The second-order valence-electron chi connectivity index (χ2n) is 5.01. The number of benzene rings is 2. The molecule has 2 aromatic rings. The molecule has 2 aromatic carbocycles. The van der Waals surface area contributed by atoms with Gasteiger partial charge in [-0.3, -0.25) is 9.59 Å². The van der Waals surface area contributed by atoms with Crippen LogP contribution < -0.4 is 15.4 Å². The van der Waals surface area contributed by atoms with Crippen LogP contribution in [0.2, 0.25) is 0 Å². The number of ether oxygens (including phenoxy) is 1. The molecule has 23 heavy (non-hydrogen) atoms. The molecular weight excluding hydrogens is 296 g/mol. The van der Waals surface area contributed by atoms with Crippen LogP contribution >= 0.6 is 0 Å². The lowest BCUT2D eigenvalue weighted by atomic mass is 10.2. The van der Waals surface area contributed by atoms with E-state index in [0.29, 0.717) is 5.75 Å². The number of hydrogen-bond donors (Lipinski definition) is 3. The van der Waals surface area contributed by atoms with Gasteiger partial charge >= 0.3 is 11.8 Å². The summed E-state index contributed by atoms with van der Waals surface area (Å²) >= 11 is 0. The highest BCUT2D eigenvalue weighted by Gasteiger charge is 2.15. The van der Waals surface area contributed by atoms with Gasteiger partial charge < -0.3 is 20.5 Å². The Morgan fingerprint density at radius 2 is 1.78 bits per heavy atom. The normalized spacial score (nSPS) is 10.0. The molecule has 0 unspecified atom stereocenters. The molecule has 0 saturated carbocycles. The van der Waals surface area contributed by atoms with Crippen LogP contribution in [-0.4, -0.2) is 24.0 Å². The van der Waals surface area contributed by atoms with Gasteiger partial charge in [0.05, 0.1) is 12.8 Å². The van der Waals surface area contributed by atoms with Crippen LogP contribution in [0.25, 0.3) is 0 Å². The predicted octanol–water partition coefficient (Wildman–Crippen LogP) is 1.96. The van der Waals surface area contributed by atoms with E-state index in [1.165, 1.54) is 6.07 Å². The van der Waals surface area contributed by atoms with Crippen LogP contribution in [0.3, 0.4) is 0 Å². The molecule has 0 bridgehead atoms. The number of carbonyl (C=O) groups is 2. The molecule has 6 heteroatoms. The van der Waals surface area contributed by atoms with Gasteiger partial charge in [-0.25, -0.2) is 0 Å². The Kier molecular flexibility index (Phi) is 5.19. The highest BCUT2D eigenvalue weighted by Crippen LogP contribution is 2.23. The molecule has 0 radical (unpaired) electrons. The fraction of sp³-hybridized carbons (Fsp3) is 0.176. The second-order valence-corrected chi connectivity index (χ2v) is 5.01. The van der Waals surface area contributed by atoms with Crippen LogP contribution in [0.15, 0.2) is 42.5 Å². The van der Waals surface area contributed by atoms with Crippen molar-refractivity contribution in [3.8, 4) is 11.5 Å². The number of hydrogen-bond acceptors (Lipinski definition) is 4. The predicted molar refractivity (Wildman–Crippen MR) is 86.3 cm³/mol. The molecule has 0 aliphatic heterocycles. The van der Waals surface area contributed by atoms with Crippen molar-refractivity contribution in [2.45, 2.75) is 13.5 Å². The fourth-order valence-corrected chi connectivity index (χ4v) is 1.93. The van der Waals surface area contributed by atoms with Crippen molar-refractivity contribution in [3.05, 3.63) is 53.6 Å². The highest BCUT2D eigenvalue weighted by atomic mass is 16.5. The quantitative estimate of drug-likeness (QED) is 0.595. The first-order chi connectivity index (χ1) is 11.0. The summed E-state index contributed by atoms with van der Waals surface area (Å²) in [5.74, 6) is -0.979. The Morgan fingerprint density at radius 1 is 1.09 bits per heavy atom. The van der Waals surface area contributed by atoms with E-state index < -0.39 is 11.8 Å². The van der Waals surface area contributed by atoms with E-state index in [1.807, 2.05) is 6.92 Å². The molecular formula is C17H18N2O4. The van der Waals surface area contributed by atoms with E-state index in [2.05, 4.69) is 10.6 Å². The van der Waals surface area contributed by atoms with E-state index >= 15 is 0 Å². The third-order valence-electron chi connectivity index (χ3n) is 3.22. The second kappa shape index (κ2) is 7.31. The molecule has 120 valence electrons. The fourth-order valence-electron chi connectivity index (χ4n) is 1.93. The number of aromatic hydroxyl groups is 1. The molecule has 0 aromatic heterocycles. The third-order valence-corrected chi connectivity index (χ3v) is 3.22. The maximum absolute atomic E-state index is 11.8. The van der Waals surface area contributed by atoms with E-state index in [1.54, 1.807) is 43.5 Å². The first kappa shape index (κ1) is 16.4. The topological polar surface area (TPSA) is 87.7 Å². The molecule has 6 nitrogen and oxygen atoms in total. The highest BCUT2D eigenvalue weighted by molar-refractivity contribution is 6.39. The summed E-state index contributed by atoms with van der Waals surface area (Å²) in [6, 6.07) is 11.9. The minimum absolute atomic E-state index is 0.0821. The number of anilines is 1. The van der Waals surface area contributed by atoms with E-state index in [0.717, 1.165) is 11.1 Å². The Morgan fingerprint density at radius 3 is 2.39 bits per heavy atom. The zero-order valence-electron chi connectivity index (χ0n) is 12.9. The Hall–Kier alpha value is -3.02. The Bertz CT molecular complexity index is 711. The van der Waals surface area contributed by atoms with Crippen molar-refractivity contribution in [2.75, 3.05) is 12.4 Å². The number of rotatable bonds is 4. The maximum atomic E-state index is 11.8. The smallest absolute Gasteiger partial charge is 0.313 e. The lowest BCUT2D eigenvalue weighted by Crippen LogP contribution is -2.34. The number of methoxy groups -OCH3 is 1. The maximum Gasteiger partial charge on any atom is 0.313 e. The SMILES string of the molecule is COc1ccc(CNC(=O)C(=O)Nc2ccc(C)cc2O)cc1. The molecule has 0 aliphatic carbocycles. The minimum Gasteiger partial charge on any atom is -0.506 e. The first-order valence-electron chi connectivity index (χ1n) is 7.01. The van der Waals surface area contributed by atoms with Crippen molar-refractivity contribution in [1.82, 2.24) is 5.32 Å². The van der Waals surface area contributed by atoms with Crippen molar-refractivity contribution in [1.29, 1.82) is 0 Å². The minimum atomic E-state index is -0.835. The summed E-state index contributed by atoms with van der Waals surface area (Å²) in [5.41, 5.74) is 1.88. The van der Waals surface area contributed by atoms with Crippen LogP contribution in [-0.2, 0) is 16.1 Å². The van der Waals surface area contributed by atoms with Gasteiger partial charge in [0.1, 0.15) is 11.5 Å². The standard InChI is InChI=1S/C17H18N2O4/c1-11-3-8-14(15(20)9-11)19-17(22)16(21)18-10-12-4-6-13(23-2)7-5-12/h3-9,20H,10H2,1-2H3,(H,18,21)(H,19,22). The van der Waals surface area contributed by atoms with Gasteiger partial charge in [-0.2, -0.15) is 0 Å². The molecule has 0 fully saturated rings. The molecule has 0 aliphatic rings.